The highest BCUT2D eigenvalue weighted by Crippen LogP contribution is 2.41. The van der Waals surface area contributed by atoms with E-state index in [0.29, 0.717) is 17.5 Å². The third-order valence-corrected chi connectivity index (χ3v) is 4.75. The highest BCUT2D eigenvalue weighted by atomic mass is 16.6. The number of H-pyrrole nitrogens is 1. The second-order valence-electron chi connectivity index (χ2n) is 6.37. The van der Waals surface area contributed by atoms with E-state index in [1.54, 1.807) is 6.92 Å². The van der Waals surface area contributed by atoms with Crippen LogP contribution in [0.15, 0.2) is 17.1 Å². The molecule has 3 heterocycles. The van der Waals surface area contributed by atoms with E-state index in [2.05, 4.69) is 15.6 Å². The van der Waals surface area contributed by atoms with Crippen molar-refractivity contribution in [2.75, 3.05) is 19.6 Å². The van der Waals surface area contributed by atoms with E-state index in [0.717, 1.165) is 25.9 Å². The molecule has 1 unspecified atom stereocenters. The minimum atomic E-state index is -0.380. The Morgan fingerprint density at radius 3 is 2.83 bits per heavy atom. The van der Waals surface area contributed by atoms with Gasteiger partial charge in [0.2, 0.25) is 5.56 Å². The van der Waals surface area contributed by atoms with Crippen LogP contribution in [-0.4, -0.2) is 42.6 Å². The van der Waals surface area contributed by atoms with E-state index in [1.165, 1.54) is 12.3 Å². The molecule has 3 N–H and O–H groups in total. The van der Waals surface area contributed by atoms with Crippen LogP contribution in [0.2, 0.25) is 0 Å². The summed E-state index contributed by atoms with van der Waals surface area (Å²) in [7, 11) is 0. The standard InChI is InChI=1S/C16H21N3O4/c1-10-6-13(20)18-9-12(10)14(21)19-8-11-7-16(15(22)23-11)2-4-17-5-3-16/h6,9,11,17H,2-5,7-8H2,1H3,(H,18,20)(H,19,21). The predicted octanol–water partition coefficient (Wildman–Crippen LogP) is 0.0984. The SMILES string of the molecule is Cc1cc(=O)[nH]cc1C(=O)NCC1CC2(CCNCC2)C(=O)O1. The number of hydrogen-bond acceptors (Lipinski definition) is 5. The van der Waals surface area contributed by atoms with Gasteiger partial charge in [0.05, 0.1) is 17.5 Å². The van der Waals surface area contributed by atoms with Crippen molar-refractivity contribution < 1.29 is 14.3 Å². The lowest BCUT2D eigenvalue weighted by Gasteiger charge is -2.29. The Bertz CT molecular complexity index is 676. The summed E-state index contributed by atoms with van der Waals surface area (Å²) in [6.45, 7) is 3.65. The Kier molecular flexibility index (Phi) is 4.21. The number of ether oxygens (including phenoxy) is 1. The van der Waals surface area contributed by atoms with Crippen molar-refractivity contribution in [1.82, 2.24) is 15.6 Å². The summed E-state index contributed by atoms with van der Waals surface area (Å²) in [5.41, 5.74) is 0.417. The van der Waals surface area contributed by atoms with E-state index in [4.69, 9.17) is 4.74 Å². The van der Waals surface area contributed by atoms with Crippen molar-refractivity contribution in [2.45, 2.75) is 32.3 Å². The monoisotopic (exact) mass is 319 g/mol. The number of pyridine rings is 1. The molecule has 0 bridgehead atoms. The Morgan fingerprint density at radius 2 is 2.13 bits per heavy atom. The van der Waals surface area contributed by atoms with Crippen LogP contribution in [0.25, 0.3) is 0 Å². The molecule has 124 valence electrons. The number of rotatable bonds is 3. The van der Waals surface area contributed by atoms with Crippen molar-refractivity contribution in [3.63, 3.8) is 0 Å². The van der Waals surface area contributed by atoms with Crippen LogP contribution in [0.3, 0.4) is 0 Å². The molecule has 2 aliphatic rings. The lowest BCUT2D eigenvalue weighted by atomic mass is 9.76. The molecular weight excluding hydrogens is 298 g/mol. The van der Waals surface area contributed by atoms with Crippen LogP contribution in [0.5, 0.6) is 0 Å². The fraction of sp³-hybridized carbons (Fsp3) is 0.562. The average Bonchev–Trinajstić information content (AvgIpc) is 2.81. The Labute approximate surface area is 133 Å². The van der Waals surface area contributed by atoms with Gasteiger partial charge in [0, 0.05) is 18.7 Å². The summed E-state index contributed by atoms with van der Waals surface area (Å²) in [6.07, 6.45) is 3.35. The van der Waals surface area contributed by atoms with Crippen LogP contribution in [0.4, 0.5) is 0 Å². The number of hydrogen-bond donors (Lipinski definition) is 3. The highest BCUT2D eigenvalue weighted by molar-refractivity contribution is 5.95. The molecule has 2 saturated heterocycles. The second kappa shape index (κ2) is 6.16. The Morgan fingerprint density at radius 1 is 1.39 bits per heavy atom. The number of cyclic esters (lactones) is 1. The molecule has 3 rings (SSSR count). The number of carbonyl (C=O) groups is 2. The Hall–Kier alpha value is -2.15. The minimum absolute atomic E-state index is 0.140. The first-order valence-corrected chi connectivity index (χ1v) is 7.89. The molecule has 0 radical (unpaired) electrons. The minimum Gasteiger partial charge on any atom is -0.460 e. The predicted molar refractivity (Wildman–Crippen MR) is 83.2 cm³/mol. The molecule has 1 spiro atoms. The lowest BCUT2D eigenvalue weighted by Crippen LogP contribution is -2.39. The first-order valence-electron chi connectivity index (χ1n) is 7.89. The molecule has 2 aliphatic heterocycles. The van der Waals surface area contributed by atoms with Crippen molar-refractivity contribution >= 4 is 11.9 Å². The van der Waals surface area contributed by atoms with Crippen LogP contribution in [-0.2, 0) is 9.53 Å². The molecule has 0 aliphatic carbocycles. The highest BCUT2D eigenvalue weighted by Gasteiger charge is 2.49. The van der Waals surface area contributed by atoms with Gasteiger partial charge in [-0.05, 0) is 38.4 Å². The van der Waals surface area contributed by atoms with E-state index in [-0.39, 0.29) is 35.5 Å². The zero-order chi connectivity index (χ0) is 16.4. The van der Waals surface area contributed by atoms with Gasteiger partial charge >= 0.3 is 5.97 Å². The van der Waals surface area contributed by atoms with Gasteiger partial charge in [0.15, 0.2) is 0 Å². The molecule has 7 nitrogen and oxygen atoms in total. The van der Waals surface area contributed by atoms with Crippen molar-refractivity contribution in [3.8, 4) is 0 Å². The number of piperidine rings is 1. The first kappa shape index (κ1) is 15.7. The maximum atomic E-state index is 12.2. The summed E-state index contributed by atoms with van der Waals surface area (Å²) in [5.74, 6) is -0.417. The number of carbonyl (C=O) groups excluding carboxylic acids is 2. The number of aromatic nitrogens is 1. The van der Waals surface area contributed by atoms with Gasteiger partial charge in [0.25, 0.3) is 5.91 Å². The van der Waals surface area contributed by atoms with E-state index in [1.807, 2.05) is 0 Å². The van der Waals surface area contributed by atoms with E-state index < -0.39 is 0 Å². The van der Waals surface area contributed by atoms with Gasteiger partial charge < -0.3 is 20.4 Å². The fourth-order valence-corrected chi connectivity index (χ4v) is 3.38. The van der Waals surface area contributed by atoms with Gasteiger partial charge in [-0.3, -0.25) is 14.4 Å². The van der Waals surface area contributed by atoms with Crippen molar-refractivity contribution in [3.05, 3.63) is 33.7 Å². The van der Waals surface area contributed by atoms with E-state index in [9.17, 15) is 14.4 Å². The number of aryl methyl sites for hydroxylation is 1. The quantitative estimate of drug-likeness (QED) is 0.686. The maximum absolute atomic E-state index is 12.2. The largest absolute Gasteiger partial charge is 0.460 e. The number of amides is 1. The molecule has 1 aromatic heterocycles. The molecule has 1 atom stereocenters. The lowest BCUT2D eigenvalue weighted by molar-refractivity contribution is -0.149. The first-order chi connectivity index (χ1) is 11.0. The molecule has 23 heavy (non-hydrogen) atoms. The molecule has 0 aromatic carbocycles. The topological polar surface area (TPSA) is 100 Å². The zero-order valence-corrected chi connectivity index (χ0v) is 13.1. The van der Waals surface area contributed by atoms with Gasteiger partial charge in [-0.15, -0.1) is 0 Å². The number of esters is 1. The molecule has 1 aromatic rings. The number of aromatic amines is 1. The second-order valence-corrected chi connectivity index (χ2v) is 6.37. The van der Waals surface area contributed by atoms with Crippen molar-refractivity contribution in [1.29, 1.82) is 0 Å². The fourth-order valence-electron chi connectivity index (χ4n) is 3.38. The van der Waals surface area contributed by atoms with Gasteiger partial charge in [-0.1, -0.05) is 0 Å². The molecule has 7 heteroatoms. The summed E-state index contributed by atoms with van der Waals surface area (Å²) in [6, 6.07) is 1.38. The van der Waals surface area contributed by atoms with Crippen LogP contribution in [0.1, 0.15) is 35.2 Å². The van der Waals surface area contributed by atoms with Gasteiger partial charge in [-0.25, -0.2) is 0 Å². The molecule has 1 amide bonds. The third-order valence-electron chi connectivity index (χ3n) is 4.75. The summed E-state index contributed by atoms with van der Waals surface area (Å²) < 4.78 is 5.45. The molecule has 2 fully saturated rings. The van der Waals surface area contributed by atoms with Crippen LogP contribution in [0, 0.1) is 12.3 Å². The van der Waals surface area contributed by atoms with E-state index >= 15 is 0 Å². The molecular formula is C16H21N3O4. The summed E-state index contributed by atoms with van der Waals surface area (Å²) in [4.78, 5) is 38.0. The van der Waals surface area contributed by atoms with Crippen LogP contribution < -0.4 is 16.2 Å². The van der Waals surface area contributed by atoms with Crippen LogP contribution >= 0.6 is 0 Å². The Balaban J connectivity index is 1.59. The number of nitrogens with one attached hydrogen (secondary N) is 3. The normalized spacial score (nSPS) is 22.8. The third kappa shape index (κ3) is 3.14. The summed E-state index contributed by atoms with van der Waals surface area (Å²) in [5, 5.41) is 6.04. The average molecular weight is 319 g/mol. The van der Waals surface area contributed by atoms with Crippen molar-refractivity contribution in [2.24, 2.45) is 5.41 Å². The smallest absolute Gasteiger partial charge is 0.312 e. The van der Waals surface area contributed by atoms with Gasteiger partial charge in [0.1, 0.15) is 6.10 Å². The zero-order valence-electron chi connectivity index (χ0n) is 13.1. The maximum Gasteiger partial charge on any atom is 0.312 e. The molecule has 0 saturated carbocycles. The summed E-state index contributed by atoms with van der Waals surface area (Å²) >= 11 is 0. The van der Waals surface area contributed by atoms with Gasteiger partial charge in [-0.2, -0.15) is 0 Å².